The molecule has 0 bridgehead atoms. The summed E-state index contributed by atoms with van der Waals surface area (Å²) in [6, 6.07) is 5.35. The molecule has 0 amide bonds. The van der Waals surface area contributed by atoms with Crippen molar-refractivity contribution >= 4 is 18.0 Å². The van der Waals surface area contributed by atoms with Gasteiger partial charge in [0.1, 0.15) is 0 Å². The van der Waals surface area contributed by atoms with Crippen LogP contribution < -0.4 is 0 Å². The number of fused-ring (bicyclic) bond motifs is 1. The zero-order valence-corrected chi connectivity index (χ0v) is 9.43. The maximum absolute atomic E-state index is 11.5. The summed E-state index contributed by atoms with van der Waals surface area (Å²) in [6.07, 6.45) is 3.67. The van der Waals surface area contributed by atoms with Gasteiger partial charge in [0.15, 0.2) is 0 Å². The summed E-state index contributed by atoms with van der Waals surface area (Å²) in [5.74, 6) is -0.722. The van der Waals surface area contributed by atoms with Crippen molar-refractivity contribution in [2.45, 2.75) is 6.42 Å². The normalized spacial score (nSPS) is 14.3. The van der Waals surface area contributed by atoms with Crippen LogP contribution in [0.2, 0.25) is 0 Å². The molecule has 0 spiro atoms. The highest BCUT2D eigenvalue weighted by Gasteiger charge is 2.19. The Balaban J connectivity index is 2.36. The largest absolute Gasteiger partial charge is 0.466 e. The summed E-state index contributed by atoms with van der Waals surface area (Å²) in [5, 5.41) is 0. The molecular weight excluding hydrogens is 220 g/mol. The number of benzene rings is 1. The number of hydrogen-bond donors (Lipinski definition) is 0. The minimum Gasteiger partial charge on any atom is -0.466 e. The van der Waals surface area contributed by atoms with Crippen molar-refractivity contribution in [3.8, 4) is 0 Å². The molecule has 1 aromatic rings. The lowest BCUT2D eigenvalue weighted by Gasteiger charge is -2.17. The van der Waals surface area contributed by atoms with Crippen LogP contribution in [-0.2, 0) is 20.7 Å². The van der Waals surface area contributed by atoms with Crippen LogP contribution in [-0.4, -0.2) is 25.7 Å². The molecule has 0 fully saturated rings. The van der Waals surface area contributed by atoms with E-state index in [1.807, 2.05) is 6.07 Å². The molecule has 4 nitrogen and oxygen atoms in total. The van der Waals surface area contributed by atoms with Crippen LogP contribution in [0.25, 0.3) is 6.08 Å². The smallest absolute Gasteiger partial charge is 0.338 e. The van der Waals surface area contributed by atoms with Crippen LogP contribution in [0.1, 0.15) is 21.5 Å². The van der Waals surface area contributed by atoms with Gasteiger partial charge in [0, 0.05) is 12.5 Å². The lowest BCUT2D eigenvalue weighted by molar-refractivity contribution is -0.134. The maximum atomic E-state index is 11.5. The zero-order valence-electron chi connectivity index (χ0n) is 9.43. The van der Waals surface area contributed by atoms with Gasteiger partial charge in [-0.3, -0.25) is 0 Å². The Bertz CT molecular complexity index is 488. The van der Waals surface area contributed by atoms with E-state index in [1.165, 1.54) is 13.2 Å². The molecule has 17 heavy (non-hydrogen) atoms. The van der Waals surface area contributed by atoms with Gasteiger partial charge in [-0.25, -0.2) is 9.59 Å². The van der Waals surface area contributed by atoms with Crippen LogP contribution in [0, 0.1) is 0 Å². The quantitative estimate of drug-likeness (QED) is 0.574. The van der Waals surface area contributed by atoms with Crippen molar-refractivity contribution in [2.75, 3.05) is 13.7 Å². The number of ether oxygens (including phenoxy) is 2. The number of carbonyl (C=O) groups is 2. The first-order chi connectivity index (χ1) is 8.22. The van der Waals surface area contributed by atoms with Gasteiger partial charge < -0.3 is 9.47 Å². The average Bonchev–Trinajstić information content (AvgIpc) is 2.36. The van der Waals surface area contributed by atoms with Crippen molar-refractivity contribution in [1.29, 1.82) is 0 Å². The van der Waals surface area contributed by atoms with Gasteiger partial charge in [-0.05, 0) is 23.3 Å². The zero-order chi connectivity index (χ0) is 12.3. The van der Waals surface area contributed by atoms with Gasteiger partial charge in [-0.1, -0.05) is 12.1 Å². The molecule has 0 saturated heterocycles. The molecule has 0 aromatic heterocycles. The summed E-state index contributed by atoms with van der Waals surface area (Å²) in [7, 11) is 1.32. The fourth-order valence-electron chi connectivity index (χ4n) is 1.78. The van der Waals surface area contributed by atoms with Crippen LogP contribution in [0.4, 0.5) is 0 Å². The number of hydrogen-bond acceptors (Lipinski definition) is 4. The Morgan fingerprint density at radius 2 is 2.29 bits per heavy atom. The molecule has 1 heterocycles. The van der Waals surface area contributed by atoms with E-state index in [9.17, 15) is 9.59 Å². The minimum atomic E-state index is -0.416. The summed E-state index contributed by atoms with van der Waals surface area (Å²) in [5.41, 5.74) is 2.34. The molecule has 0 N–H and O–H groups in total. The molecule has 0 radical (unpaired) electrons. The van der Waals surface area contributed by atoms with Crippen LogP contribution >= 0.6 is 0 Å². The molecule has 4 heteroatoms. The summed E-state index contributed by atoms with van der Waals surface area (Å²) >= 11 is 0. The Kier molecular flexibility index (Phi) is 3.23. The first-order valence-corrected chi connectivity index (χ1v) is 5.27. The van der Waals surface area contributed by atoms with Crippen molar-refractivity contribution in [3.63, 3.8) is 0 Å². The number of methoxy groups -OCH3 is 1. The van der Waals surface area contributed by atoms with Crippen LogP contribution in [0.15, 0.2) is 24.3 Å². The van der Waals surface area contributed by atoms with E-state index in [4.69, 9.17) is 4.74 Å². The summed E-state index contributed by atoms with van der Waals surface area (Å²) in [6.45, 7) is 0.384. The van der Waals surface area contributed by atoms with Gasteiger partial charge in [-0.2, -0.15) is 0 Å². The molecule has 0 atom stereocenters. The predicted octanol–water partition coefficient (Wildman–Crippen LogP) is 1.59. The van der Waals surface area contributed by atoms with Gasteiger partial charge in [0.25, 0.3) is 0 Å². The number of esters is 2. The molecule has 0 aliphatic carbocycles. The van der Waals surface area contributed by atoms with Gasteiger partial charge in [0.05, 0.1) is 19.3 Å². The number of cyclic esters (lactones) is 1. The summed E-state index contributed by atoms with van der Waals surface area (Å²) in [4.78, 5) is 22.5. The molecule has 1 aromatic carbocycles. The van der Waals surface area contributed by atoms with E-state index in [-0.39, 0.29) is 5.97 Å². The average molecular weight is 232 g/mol. The Morgan fingerprint density at radius 3 is 3.06 bits per heavy atom. The Morgan fingerprint density at radius 1 is 1.47 bits per heavy atom. The van der Waals surface area contributed by atoms with Crippen molar-refractivity contribution < 1.29 is 19.1 Å². The predicted molar refractivity (Wildman–Crippen MR) is 61.5 cm³/mol. The number of rotatable bonds is 2. The van der Waals surface area contributed by atoms with Crippen LogP contribution in [0.5, 0.6) is 0 Å². The van der Waals surface area contributed by atoms with Crippen molar-refractivity contribution in [1.82, 2.24) is 0 Å². The van der Waals surface area contributed by atoms with E-state index < -0.39 is 5.97 Å². The first-order valence-electron chi connectivity index (χ1n) is 5.27. The highest BCUT2D eigenvalue weighted by Crippen LogP contribution is 2.21. The fourth-order valence-corrected chi connectivity index (χ4v) is 1.78. The second-order valence-electron chi connectivity index (χ2n) is 3.62. The van der Waals surface area contributed by atoms with Gasteiger partial charge in [0.2, 0.25) is 0 Å². The van der Waals surface area contributed by atoms with Gasteiger partial charge >= 0.3 is 11.9 Å². The third-order valence-corrected chi connectivity index (χ3v) is 2.62. The first kappa shape index (κ1) is 11.4. The third-order valence-electron chi connectivity index (χ3n) is 2.62. The second kappa shape index (κ2) is 4.82. The van der Waals surface area contributed by atoms with E-state index in [0.29, 0.717) is 18.6 Å². The third kappa shape index (κ3) is 2.36. The molecule has 88 valence electrons. The molecular formula is C13H12O4. The lowest BCUT2D eigenvalue weighted by atomic mass is 9.96. The SMILES string of the molecule is COC(=O)/C=C\c1cccc2c1CCOC2=O. The van der Waals surface area contributed by atoms with Crippen molar-refractivity contribution in [3.05, 3.63) is 41.0 Å². The molecule has 2 rings (SSSR count). The highest BCUT2D eigenvalue weighted by atomic mass is 16.5. The molecule has 1 aliphatic rings. The van der Waals surface area contributed by atoms with E-state index in [1.54, 1.807) is 18.2 Å². The molecule has 0 unspecified atom stereocenters. The summed E-state index contributed by atoms with van der Waals surface area (Å²) < 4.78 is 9.47. The second-order valence-corrected chi connectivity index (χ2v) is 3.62. The van der Waals surface area contributed by atoms with E-state index >= 15 is 0 Å². The number of carbonyl (C=O) groups excluding carboxylic acids is 2. The highest BCUT2D eigenvalue weighted by molar-refractivity contribution is 5.94. The maximum Gasteiger partial charge on any atom is 0.338 e. The Labute approximate surface area is 98.8 Å². The lowest BCUT2D eigenvalue weighted by Crippen LogP contribution is -2.18. The topological polar surface area (TPSA) is 52.6 Å². The standard InChI is InChI=1S/C13H12O4/c1-16-12(14)6-5-9-3-2-4-11-10(9)7-8-17-13(11)15/h2-6H,7-8H2,1H3/b6-5-. The molecule has 1 aliphatic heterocycles. The van der Waals surface area contributed by atoms with E-state index in [2.05, 4.69) is 4.74 Å². The minimum absolute atomic E-state index is 0.306. The van der Waals surface area contributed by atoms with E-state index in [0.717, 1.165) is 11.1 Å². The molecule has 0 saturated carbocycles. The monoisotopic (exact) mass is 232 g/mol. The van der Waals surface area contributed by atoms with Crippen LogP contribution in [0.3, 0.4) is 0 Å². The fraction of sp³-hybridized carbons (Fsp3) is 0.231. The van der Waals surface area contributed by atoms with Gasteiger partial charge in [-0.15, -0.1) is 0 Å². The van der Waals surface area contributed by atoms with Crippen molar-refractivity contribution in [2.24, 2.45) is 0 Å². The Hall–Kier alpha value is -2.10.